The number of hydrogen-bond acceptors (Lipinski definition) is 23. The van der Waals surface area contributed by atoms with E-state index in [2.05, 4.69) is 21.3 Å². The monoisotopic (exact) mass is 1620 g/mol. The quantitative estimate of drug-likeness (QED) is 0.0175. The van der Waals surface area contributed by atoms with E-state index < -0.39 is 108 Å². The highest BCUT2D eigenvalue weighted by Crippen LogP contribution is 2.52. The molecule has 0 radical (unpaired) electrons. The molecular formula is C77H100Cl2N10O22S. The average Bonchev–Trinajstić information content (AvgIpc) is 1.57. The molecule has 4 heterocycles. The lowest BCUT2D eigenvalue weighted by atomic mass is 9.76. The number of ether oxygens (including phenoxy) is 9. The number of rotatable bonds is 43. The second-order valence-corrected chi connectivity index (χ2v) is 29.2. The SMILES string of the molecule is CC(C)[C@H](NC(=O)CCOCCOCCOCCOCCOCCOCCN)C(=O)N[C@@H](CCCNC(N)=O)C(=O)Nc1ccc(C[C@@]2(CCl)CN(C(=O)c3ccc(C(=O)N4C[C@@H](CCl)c5c4cc(O[C@@H]4O[C@H](CO)[C@H](O)[C@H](O)[C@H]4O)c4ccccc54)s3)c3cc(OC(=O)N(C)CCN(C)C(=O)O)c4ccccc4c32)cc1. The van der Waals surface area contributed by atoms with Crippen LogP contribution in [0.4, 0.5) is 31.4 Å². The third-order valence-electron chi connectivity index (χ3n) is 19.3. The average molecular weight is 1620 g/mol. The summed E-state index contributed by atoms with van der Waals surface area (Å²) in [5.41, 5.74) is 12.8. The molecule has 6 aromatic rings. The van der Waals surface area contributed by atoms with Crippen LogP contribution in [0.25, 0.3) is 21.5 Å². The van der Waals surface area contributed by atoms with Gasteiger partial charge in [-0.15, -0.1) is 34.5 Å². The van der Waals surface area contributed by atoms with Gasteiger partial charge in [-0.2, -0.15) is 0 Å². The molecule has 112 heavy (non-hydrogen) atoms. The Morgan fingerprint density at radius 3 is 1.81 bits per heavy atom. The largest absolute Gasteiger partial charge is 0.465 e. The van der Waals surface area contributed by atoms with Gasteiger partial charge in [-0.1, -0.05) is 74.5 Å². The third-order valence-corrected chi connectivity index (χ3v) is 21.2. The topological polar surface area (TPSA) is 434 Å². The highest BCUT2D eigenvalue weighted by atomic mass is 35.5. The van der Waals surface area contributed by atoms with Gasteiger partial charge in [0.25, 0.3) is 11.8 Å². The van der Waals surface area contributed by atoms with E-state index >= 15 is 9.59 Å². The molecule has 9 rings (SSSR count). The van der Waals surface area contributed by atoms with Gasteiger partial charge in [-0.3, -0.25) is 24.0 Å². The van der Waals surface area contributed by atoms with Gasteiger partial charge in [0.1, 0.15) is 48.0 Å². The number of aliphatic hydroxyl groups excluding tert-OH is 4. The molecular weight excluding hydrogens is 1520 g/mol. The Labute approximate surface area is 662 Å². The lowest BCUT2D eigenvalue weighted by molar-refractivity contribution is -0.277. The number of likely N-dealkylation sites (N-methyl/N-ethyl adjacent to an activating group) is 2. The summed E-state index contributed by atoms with van der Waals surface area (Å²) in [5, 5.41) is 65.0. The van der Waals surface area contributed by atoms with Crippen LogP contribution in [0.3, 0.4) is 0 Å². The number of amides is 9. The predicted molar refractivity (Wildman–Crippen MR) is 418 cm³/mol. The summed E-state index contributed by atoms with van der Waals surface area (Å²) in [6.07, 6.45) is -9.53. The summed E-state index contributed by atoms with van der Waals surface area (Å²) >= 11 is 14.9. The Hall–Kier alpha value is -8.62. The first-order chi connectivity index (χ1) is 53.9. The minimum Gasteiger partial charge on any atom is -0.465 e. The molecule has 0 aliphatic carbocycles. The number of halogens is 2. The van der Waals surface area contributed by atoms with Crippen LogP contribution in [0, 0.1) is 5.92 Å². The molecule has 1 aromatic heterocycles. The van der Waals surface area contributed by atoms with E-state index in [-0.39, 0.29) is 117 Å². The van der Waals surface area contributed by atoms with Crippen molar-refractivity contribution in [2.75, 3.05) is 166 Å². The number of fused-ring (bicyclic) bond motifs is 6. The number of nitrogens with two attached hydrogens (primary N) is 2. The first-order valence-electron chi connectivity index (χ1n) is 36.9. The van der Waals surface area contributed by atoms with Gasteiger partial charge >= 0.3 is 18.2 Å². The molecule has 32 nitrogen and oxygen atoms in total. The van der Waals surface area contributed by atoms with Crippen molar-refractivity contribution in [2.45, 2.75) is 93.7 Å². The van der Waals surface area contributed by atoms with E-state index in [0.717, 1.165) is 21.8 Å². The van der Waals surface area contributed by atoms with Gasteiger partial charge in [0.15, 0.2) is 0 Å². The molecule has 35 heteroatoms. The van der Waals surface area contributed by atoms with Crippen molar-refractivity contribution in [3.05, 3.63) is 124 Å². The van der Waals surface area contributed by atoms with E-state index in [9.17, 15) is 54.3 Å². The number of hydrogen-bond donors (Lipinski definition) is 11. The predicted octanol–water partition coefficient (Wildman–Crippen LogP) is 5.10. The van der Waals surface area contributed by atoms with Crippen LogP contribution in [0.5, 0.6) is 11.5 Å². The molecule has 9 atom stereocenters. The summed E-state index contributed by atoms with van der Waals surface area (Å²) < 4.78 is 50.9. The fourth-order valence-electron chi connectivity index (χ4n) is 13.3. The lowest BCUT2D eigenvalue weighted by Crippen LogP contribution is -2.60. The second kappa shape index (κ2) is 42.5. The summed E-state index contributed by atoms with van der Waals surface area (Å²) in [5.74, 6) is -3.25. The number of nitrogens with one attached hydrogen (secondary N) is 4. The molecule has 610 valence electrons. The Kier molecular flexibility index (Phi) is 33.1. The summed E-state index contributed by atoms with van der Waals surface area (Å²) in [6, 6.07) is 24.5. The minimum absolute atomic E-state index is 0.0251. The lowest BCUT2D eigenvalue weighted by Gasteiger charge is -2.39. The first kappa shape index (κ1) is 87.3. The number of nitrogens with zero attached hydrogens (tertiary/aromatic N) is 4. The number of alkyl halides is 2. The smallest absolute Gasteiger partial charge is 0.415 e. The van der Waals surface area contributed by atoms with Crippen LogP contribution in [-0.4, -0.2) is 277 Å². The Morgan fingerprint density at radius 2 is 1.24 bits per heavy atom. The summed E-state index contributed by atoms with van der Waals surface area (Å²) in [6.45, 7) is 7.65. The van der Waals surface area contributed by atoms with Crippen molar-refractivity contribution in [3.8, 4) is 11.5 Å². The van der Waals surface area contributed by atoms with Crippen LogP contribution in [-0.2, 0) is 59.4 Å². The normalized spacial score (nSPS) is 19.1. The number of anilines is 3. The molecule has 13 N–H and O–H groups in total. The zero-order valence-electron chi connectivity index (χ0n) is 62.9. The van der Waals surface area contributed by atoms with Crippen molar-refractivity contribution in [2.24, 2.45) is 17.4 Å². The van der Waals surface area contributed by atoms with Crippen LogP contribution in [0.2, 0.25) is 0 Å². The van der Waals surface area contributed by atoms with Crippen molar-refractivity contribution in [1.82, 2.24) is 25.8 Å². The van der Waals surface area contributed by atoms with Gasteiger partial charge in [-0.05, 0) is 76.9 Å². The molecule has 5 aromatic carbocycles. The molecule has 1 saturated heterocycles. The summed E-state index contributed by atoms with van der Waals surface area (Å²) in [7, 11) is 2.83. The number of carbonyl (C=O) groups excluding carboxylic acids is 7. The van der Waals surface area contributed by atoms with Crippen molar-refractivity contribution >= 4 is 121 Å². The van der Waals surface area contributed by atoms with Crippen LogP contribution in [0.15, 0.2) is 97.1 Å². The standard InChI is InChI=1S/C77H100Cl2N10O22S/c1-46(2)65(85-62(91)21-26-103-28-30-105-32-34-107-36-37-108-35-33-106-31-29-104-27-22-80)70(96)84-54(14-9-23-82-74(81)99)69(95)83-49-17-15-47(16-18-49)40-77(44-79)45-89(56-39-58(51-11-6-8-13-53(51)64(56)77)111-76(102)87(4)25-24-86(3)75(100)101)72(98)61-20-19-60(112-61)71(97)88-42-48(41-78)63-52-12-7-5-10-50(52)57(38-55(63)88)109-73-68(94)67(93)66(92)59(43-90)110-73/h5-8,10-13,15-20,38-39,46,48,54,59,65-68,73,90,92-94H,9,14,21-37,40-45,80H2,1-4H3,(H,83,95)(H,84,96)(H,85,91)(H,100,101)(H3,81,82,99)/t48-,54+,59-,65+,66+,67+,68-,73-,77-/m1/s1. The van der Waals surface area contributed by atoms with E-state index in [1.54, 1.807) is 98.8 Å². The van der Waals surface area contributed by atoms with Crippen molar-refractivity contribution in [3.63, 3.8) is 0 Å². The Morgan fingerprint density at radius 1 is 0.679 bits per heavy atom. The molecule has 3 aliphatic heterocycles. The minimum atomic E-state index is -1.74. The molecule has 0 bridgehead atoms. The van der Waals surface area contributed by atoms with E-state index in [1.807, 2.05) is 12.1 Å². The van der Waals surface area contributed by atoms with Gasteiger partial charge in [0, 0.05) is 111 Å². The second-order valence-electron chi connectivity index (χ2n) is 27.6. The zero-order valence-corrected chi connectivity index (χ0v) is 65.2. The first-order valence-corrected chi connectivity index (χ1v) is 38.8. The van der Waals surface area contributed by atoms with Crippen molar-refractivity contribution in [1.29, 1.82) is 0 Å². The maximum atomic E-state index is 15.6. The Balaban J connectivity index is 0.894. The van der Waals surface area contributed by atoms with Crippen LogP contribution < -0.4 is 52.0 Å². The Bertz CT molecular complexity index is 4180. The zero-order chi connectivity index (χ0) is 80.6. The molecule has 0 unspecified atom stereocenters. The number of carboxylic acid groups (broad SMARTS) is 1. The van der Waals surface area contributed by atoms with Crippen LogP contribution >= 0.6 is 34.5 Å². The fourth-order valence-corrected chi connectivity index (χ4v) is 14.8. The van der Waals surface area contributed by atoms with E-state index in [0.29, 0.717) is 116 Å². The molecule has 0 spiro atoms. The van der Waals surface area contributed by atoms with E-state index in [1.165, 1.54) is 28.8 Å². The highest BCUT2D eigenvalue weighted by Gasteiger charge is 2.48. The maximum absolute atomic E-state index is 15.6. The fraction of sp³-hybridized carbons (Fsp3) is 0.506. The number of primary amides is 1. The number of urea groups is 1. The summed E-state index contributed by atoms with van der Waals surface area (Å²) in [4.78, 5) is 115. The van der Waals surface area contributed by atoms with Gasteiger partial charge in [0.05, 0.1) is 107 Å². The molecule has 0 saturated carbocycles. The molecule has 9 amide bonds. The third kappa shape index (κ3) is 22.6. The van der Waals surface area contributed by atoms with Crippen molar-refractivity contribution < 1.29 is 107 Å². The number of benzene rings is 5. The van der Waals surface area contributed by atoms with Crippen LogP contribution in [0.1, 0.15) is 75.1 Å². The number of thiophene rings is 1. The number of aliphatic hydroxyl groups is 4. The van der Waals surface area contributed by atoms with Gasteiger partial charge in [0.2, 0.25) is 24.0 Å². The maximum Gasteiger partial charge on any atom is 0.415 e. The highest BCUT2D eigenvalue weighted by molar-refractivity contribution is 7.16. The molecule has 1 fully saturated rings. The van der Waals surface area contributed by atoms with E-state index in [4.69, 9.17) is 77.3 Å². The number of carbonyl (C=O) groups is 8. The van der Waals surface area contributed by atoms with Gasteiger partial charge in [-0.25, -0.2) is 14.4 Å². The van der Waals surface area contributed by atoms with Gasteiger partial charge < -0.3 is 120 Å². The molecule has 3 aliphatic rings.